The number of methoxy groups -OCH3 is 2. The summed E-state index contributed by atoms with van der Waals surface area (Å²) >= 11 is 12.3. The summed E-state index contributed by atoms with van der Waals surface area (Å²) in [6.45, 7) is 1.89. The Kier molecular flexibility index (Phi) is 6.21. The number of nitrogens with zero attached hydrogens (tertiary/aromatic N) is 2. The van der Waals surface area contributed by atoms with Crippen molar-refractivity contribution in [3.05, 3.63) is 93.1 Å². The molecule has 0 fully saturated rings. The largest absolute Gasteiger partial charge is 0.493 e. The van der Waals surface area contributed by atoms with Crippen molar-refractivity contribution in [2.75, 3.05) is 19.1 Å². The summed E-state index contributed by atoms with van der Waals surface area (Å²) in [4.78, 5) is 19.7. The number of carbonyl (C=O) groups excluding carboxylic acids is 1. The Balaban J connectivity index is 1.82. The summed E-state index contributed by atoms with van der Waals surface area (Å²) in [6, 6.07) is 18.1. The van der Waals surface area contributed by atoms with Gasteiger partial charge in [-0.25, -0.2) is 4.99 Å². The molecule has 0 radical (unpaired) electrons. The average Bonchev–Trinajstić information content (AvgIpc) is 3.12. The number of benzene rings is 3. The molecule has 0 unspecified atom stereocenters. The maximum absolute atomic E-state index is 13.5. The van der Waals surface area contributed by atoms with Crippen LogP contribution in [-0.2, 0) is 4.79 Å². The quantitative estimate of drug-likeness (QED) is 0.423. The van der Waals surface area contributed by atoms with E-state index in [4.69, 9.17) is 32.7 Å². The van der Waals surface area contributed by atoms with Gasteiger partial charge in [0, 0.05) is 15.6 Å². The summed E-state index contributed by atoms with van der Waals surface area (Å²) in [5.74, 6) is 1.45. The smallest absolute Gasteiger partial charge is 0.282 e. The predicted octanol–water partition coefficient (Wildman–Crippen LogP) is 6.15. The highest BCUT2D eigenvalue weighted by molar-refractivity contribution is 6.34. The van der Waals surface area contributed by atoms with Crippen LogP contribution < -0.4 is 14.4 Å². The van der Waals surface area contributed by atoms with E-state index in [0.717, 1.165) is 16.7 Å². The first-order chi connectivity index (χ1) is 15.4. The van der Waals surface area contributed by atoms with Gasteiger partial charge in [-0.3, -0.25) is 9.69 Å². The van der Waals surface area contributed by atoms with Crippen molar-refractivity contribution in [2.45, 2.75) is 6.92 Å². The Hall–Kier alpha value is -3.28. The summed E-state index contributed by atoms with van der Waals surface area (Å²) < 4.78 is 10.7. The molecule has 1 aliphatic heterocycles. The van der Waals surface area contributed by atoms with Crippen LogP contribution in [0.4, 0.5) is 5.69 Å². The molecule has 0 aliphatic carbocycles. The molecule has 1 heterocycles. The number of aliphatic imine (C=N–C) groups is 1. The van der Waals surface area contributed by atoms with E-state index < -0.39 is 0 Å². The number of aryl methyl sites for hydroxylation is 1. The number of anilines is 1. The van der Waals surface area contributed by atoms with Gasteiger partial charge in [0.2, 0.25) is 0 Å². The molecule has 3 aromatic rings. The van der Waals surface area contributed by atoms with Gasteiger partial charge in [0.1, 0.15) is 11.5 Å². The summed E-state index contributed by atoms with van der Waals surface area (Å²) in [5.41, 5.74) is 3.38. The first-order valence-corrected chi connectivity index (χ1v) is 10.6. The molecule has 0 spiro atoms. The molecule has 0 saturated carbocycles. The average molecular weight is 467 g/mol. The van der Waals surface area contributed by atoms with Crippen molar-refractivity contribution < 1.29 is 14.3 Å². The van der Waals surface area contributed by atoms with Gasteiger partial charge in [0.25, 0.3) is 5.91 Å². The van der Waals surface area contributed by atoms with Crippen molar-refractivity contribution in [3.63, 3.8) is 0 Å². The fourth-order valence-corrected chi connectivity index (χ4v) is 3.66. The highest BCUT2D eigenvalue weighted by atomic mass is 35.5. The standard InChI is InChI=1S/C25H20Cl2N2O3/c1-15-12-19(9-10-20(15)27)29-24(17-5-7-18(26)8-6-17)28-21(25(29)30)13-16-4-11-22(31-2)23(14-16)32-3/h4-14H,1-3H3/b21-13-. The number of halogens is 2. The Labute approximate surface area is 196 Å². The third-order valence-electron chi connectivity index (χ3n) is 5.07. The second-order valence-corrected chi connectivity index (χ2v) is 8.00. The van der Waals surface area contributed by atoms with Crippen LogP contribution in [0, 0.1) is 6.92 Å². The van der Waals surface area contributed by atoms with E-state index in [2.05, 4.69) is 4.99 Å². The van der Waals surface area contributed by atoms with Gasteiger partial charge in [-0.15, -0.1) is 0 Å². The molecule has 0 bridgehead atoms. The number of amides is 1. The molecule has 1 aliphatic rings. The molecule has 7 heteroatoms. The highest BCUT2D eigenvalue weighted by Gasteiger charge is 2.32. The molecule has 3 aromatic carbocycles. The van der Waals surface area contributed by atoms with Gasteiger partial charge >= 0.3 is 0 Å². The van der Waals surface area contributed by atoms with E-state index >= 15 is 0 Å². The Bertz CT molecular complexity index is 1250. The molecule has 0 atom stereocenters. The molecule has 4 rings (SSSR count). The van der Waals surface area contributed by atoms with Crippen molar-refractivity contribution in [1.29, 1.82) is 0 Å². The minimum Gasteiger partial charge on any atom is -0.493 e. The summed E-state index contributed by atoms with van der Waals surface area (Å²) in [7, 11) is 3.14. The summed E-state index contributed by atoms with van der Waals surface area (Å²) in [5, 5.41) is 1.24. The number of amidine groups is 1. The van der Waals surface area contributed by atoms with Crippen molar-refractivity contribution >= 4 is 46.7 Å². The van der Waals surface area contributed by atoms with Crippen LogP contribution in [0.3, 0.4) is 0 Å². The molecular formula is C25H20Cl2N2O3. The number of ether oxygens (including phenoxy) is 2. The molecule has 1 amide bonds. The molecule has 0 aromatic heterocycles. The zero-order valence-electron chi connectivity index (χ0n) is 17.7. The number of carbonyl (C=O) groups is 1. The minimum absolute atomic E-state index is 0.244. The molecule has 162 valence electrons. The predicted molar refractivity (Wildman–Crippen MR) is 129 cm³/mol. The lowest BCUT2D eigenvalue weighted by molar-refractivity contribution is -0.113. The van der Waals surface area contributed by atoms with Crippen LogP contribution in [-0.4, -0.2) is 26.0 Å². The van der Waals surface area contributed by atoms with Crippen LogP contribution >= 0.6 is 23.2 Å². The molecule has 5 nitrogen and oxygen atoms in total. The SMILES string of the molecule is COc1ccc(/C=C2\N=C(c3ccc(Cl)cc3)N(c3ccc(Cl)c(C)c3)C2=O)cc1OC. The first kappa shape index (κ1) is 21.9. The van der Waals surface area contributed by atoms with E-state index in [1.807, 2.05) is 31.2 Å². The van der Waals surface area contributed by atoms with Gasteiger partial charge in [-0.1, -0.05) is 29.3 Å². The van der Waals surface area contributed by atoms with E-state index in [9.17, 15) is 4.79 Å². The van der Waals surface area contributed by atoms with Crippen molar-refractivity contribution in [1.82, 2.24) is 0 Å². The minimum atomic E-state index is -0.244. The van der Waals surface area contributed by atoms with E-state index in [1.54, 1.807) is 61.6 Å². The fraction of sp³-hybridized carbons (Fsp3) is 0.120. The first-order valence-electron chi connectivity index (χ1n) is 9.80. The lowest BCUT2D eigenvalue weighted by Crippen LogP contribution is -2.32. The van der Waals surface area contributed by atoms with Gasteiger partial charge < -0.3 is 9.47 Å². The van der Waals surface area contributed by atoms with Gasteiger partial charge in [0.05, 0.1) is 19.9 Å². The lowest BCUT2D eigenvalue weighted by atomic mass is 10.1. The molecular weight excluding hydrogens is 447 g/mol. The lowest BCUT2D eigenvalue weighted by Gasteiger charge is -2.19. The normalized spacial score (nSPS) is 14.7. The maximum atomic E-state index is 13.5. The van der Waals surface area contributed by atoms with Crippen LogP contribution in [0.25, 0.3) is 6.08 Å². The Morgan fingerprint density at radius 3 is 2.28 bits per heavy atom. The van der Waals surface area contributed by atoms with Crippen LogP contribution in [0.1, 0.15) is 16.7 Å². The highest BCUT2D eigenvalue weighted by Crippen LogP contribution is 2.32. The van der Waals surface area contributed by atoms with Gasteiger partial charge in [-0.2, -0.15) is 0 Å². The van der Waals surface area contributed by atoms with E-state index in [1.165, 1.54) is 0 Å². The maximum Gasteiger partial charge on any atom is 0.282 e. The van der Waals surface area contributed by atoms with Crippen molar-refractivity contribution in [2.24, 2.45) is 4.99 Å². The monoisotopic (exact) mass is 466 g/mol. The number of hydrogen-bond acceptors (Lipinski definition) is 4. The fourth-order valence-electron chi connectivity index (χ4n) is 3.42. The van der Waals surface area contributed by atoms with Crippen LogP contribution in [0.5, 0.6) is 11.5 Å². The second-order valence-electron chi connectivity index (χ2n) is 7.16. The van der Waals surface area contributed by atoms with Crippen LogP contribution in [0.15, 0.2) is 71.4 Å². The third-order valence-corrected chi connectivity index (χ3v) is 5.75. The molecule has 0 saturated heterocycles. The zero-order chi connectivity index (χ0) is 22.8. The number of hydrogen-bond donors (Lipinski definition) is 0. The van der Waals surface area contributed by atoms with Gasteiger partial charge in [-0.05, 0) is 78.7 Å². The third kappa shape index (κ3) is 4.22. The van der Waals surface area contributed by atoms with Gasteiger partial charge in [0.15, 0.2) is 11.5 Å². The zero-order valence-corrected chi connectivity index (χ0v) is 19.2. The number of rotatable bonds is 5. The van der Waals surface area contributed by atoms with E-state index in [0.29, 0.717) is 38.8 Å². The summed E-state index contributed by atoms with van der Waals surface area (Å²) in [6.07, 6.45) is 1.73. The Morgan fingerprint density at radius 1 is 0.906 bits per heavy atom. The molecule has 0 N–H and O–H groups in total. The Morgan fingerprint density at radius 2 is 1.62 bits per heavy atom. The topological polar surface area (TPSA) is 51.1 Å². The molecule has 32 heavy (non-hydrogen) atoms. The van der Waals surface area contributed by atoms with E-state index in [-0.39, 0.29) is 5.91 Å². The second kappa shape index (κ2) is 9.07. The van der Waals surface area contributed by atoms with Crippen LogP contribution in [0.2, 0.25) is 10.0 Å². The van der Waals surface area contributed by atoms with Crippen molar-refractivity contribution in [3.8, 4) is 11.5 Å².